The summed E-state index contributed by atoms with van der Waals surface area (Å²) in [6, 6.07) is 9.43. The molecule has 0 spiro atoms. The molecule has 1 aliphatic carbocycles. The van der Waals surface area contributed by atoms with Gasteiger partial charge in [0.2, 0.25) is 0 Å². The van der Waals surface area contributed by atoms with Gasteiger partial charge < -0.3 is 5.32 Å². The molecule has 88 valence electrons. The molecule has 1 aromatic heterocycles. The Labute approximate surface area is 109 Å². The summed E-state index contributed by atoms with van der Waals surface area (Å²) in [5.74, 6) is 0. The molecule has 1 aromatic carbocycles. The number of hydrogen-bond acceptors (Lipinski definition) is 5. The van der Waals surface area contributed by atoms with Crippen molar-refractivity contribution in [3.05, 3.63) is 36.2 Å². The van der Waals surface area contributed by atoms with Gasteiger partial charge in [-0.2, -0.15) is 4.37 Å². The highest BCUT2D eigenvalue weighted by atomic mass is 32.2. The van der Waals surface area contributed by atoms with Crippen LogP contribution in [0.4, 0.5) is 0 Å². The van der Waals surface area contributed by atoms with Crippen molar-refractivity contribution in [2.24, 2.45) is 0 Å². The molecule has 0 unspecified atom stereocenters. The highest BCUT2D eigenvalue weighted by Gasteiger charge is 2.19. The minimum absolute atomic E-state index is 0.769. The average molecular weight is 263 g/mol. The maximum Gasteiger partial charge on any atom is 0.174 e. The molecule has 3 nitrogen and oxygen atoms in total. The maximum absolute atomic E-state index is 4.16. The molecule has 1 saturated carbocycles. The van der Waals surface area contributed by atoms with Crippen molar-refractivity contribution in [2.75, 3.05) is 0 Å². The Morgan fingerprint density at radius 2 is 2.12 bits per heavy atom. The Kier molecular flexibility index (Phi) is 3.40. The van der Waals surface area contributed by atoms with Crippen LogP contribution in [-0.4, -0.2) is 15.4 Å². The van der Waals surface area contributed by atoms with Gasteiger partial charge in [0.05, 0.1) is 0 Å². The van der Waals surface area contributed by atoms with Gasteiger partial charge in [0.1, 0.15) is 6.33 Å². The van der Waals surface area contributed by atoms with Crippen LogP contribution in [0.3, 0.4) is 0 Å². The molecule has 1 heterocycles. The Morgan fingerprint density at radius 1 is 1.29 bits per heavy atom. The van der Waals surface area contributed by atoms with E-state index in [0.717, 1.165) is 16.9 Å². The van der Waals surface area contributed by atoms with Crippen LogP contribution in [0, 0.1) is 0 Å². The van der Waals surface area contributed by atoms with Gasteiger partial charge in [0.25, 0.3) is 0 Å². The van der Waals surface area contributed by atoms with E-state index >= 15 is 0 Å². The van der Waals surface area contributed by atoms with Gasteiger partial charge in [-0.25, -0.2) is 4.98 Å². The Morgan fingerprint density at radius 3 is 2.76 bits per heavy atom. The Bertz CT molecular complexity index is 463. The van der Waals surface area contributed by atoms with Crippen LogP contribution in [0.5, 0.6) is 0 Å². The summed E-state index contributed by atoms with van der Waals surface area (Å²) in [4.78, 5) is 5.38. The van der Waals surface area contributed by atoms with E-state index in [0.29, 0.717) is 0 Å². The lowest BCUT2D eigenvalue weighted by atomic mass is 10.2. The molecule has 2 aromatic rings. The van der Waals surface area contributed by atoms with E-state index in [1.54, 1.807) is 18.1 Å². The molecule has 1 fully saturated rings. The normalized spacial score (nSPS) is 15.1. The lowest BCUT2D eigenvalue weighted by molar-refractivity contribution is 0.687. The van der Waals surface area contributed by atoms with E-state index in [4.69, 9.17) is 0 Å². The van der Waals surface area contributed by atoms with Crippen molar-refractivity contribution in [1.29, 1.82) is 0 Å². The molecular weight excluding hydrogens is 250 g/mol. The second-order valence-electron chi connectivity index (χ2n) is 4.11. The van der Waals surface area contributed by atoms with E-state index in [-0.39, 0.29) is 0 Å². The van der Waals surface area contributed by atoms with Crippen LogP contribution >= 0.6 is 23.3 Å². The summed E-state index contributed by atoms with van der Waals surface area (Å²) in [6.07, 6.45) is 4.27. The first-order valence-electron chi connectivity index (χ1n) is 5.67. The highest BCUT2D eigenvalue weighted by molar-refractivity contribution is 8.01. The van der Waals surface area contributed by atoms with Crippen LogP contribution in [0.1, 0.15) is 18.4 Å². The molecule has 17 heavy (non-hydrogen) atoms. The molecule has 5 heteroatoms. The molecule has 0 radical (unpaired) electrons. The summed E-state index contributed by atoms with van der Waals surface area (Å²) >= 11 is 3.10. The number of rotatable bonds is 5. The summed E-state index contributed by atoms with van der Waals surface area (Å²) < 4.78 is 4.99. The van der Waals surface area contributed by atoms with Gasteiger partial charge >= 0.3 is 0 Å². The summed E-state index contributed by atoms with van der Waals surface area (Å²) in [7, 11) is 0. The second kappa shape index (κ2) is 5.16. The van der Waals surface area contributed by atoms with E-state index in [9.17, 15) is 0 Å². The summed E-state index contributed by atoms with van der Waals surface area (Å²) in [6.45, 7) is 0.981. The third kappa shape index (κ3) is 3.28. The van der Waals surface area contributed by atoms with Crippen LogP contribution in [0.25, 0.3) is 0 Å². The lowest BCUT2D eigenvalue weighted by Gasteiger charge is -2.03. The standard InChI is InChI=1S/C12H13N3S2/c1-5-11(16-12-14-8-15-17-12)6-2-9(1)7-13-10-3-4-10/h1-2,5-6,8,10,13H,3-4,7H2. The van der Waals surface area contributed by atoms with Gasteiger partial charge in [0.15, 0.2) is 4.34 Å². The van der Waals surface area contributed by atoms with Crippen molar-refractivity contribution < 1.29 is 0 Å². The van der Waals surface area contributed by atoms with Crippen molar-refractivity contribution in [3.63, 3.8) is 0 Å². The number of hydrogen-bond donors (Lipinski definition) is 1. The zero-order valence-electron chi connectivity index (χ0n) is 9.30. The van der Waals surface area contributed by atoms with Gasteiger partial charge in [-0.05, 0) is 42.1 Å². The molecular formula is C12H13N3S2. The molecule has 0 amide bonds. The first kappa shape index (κ1) is 11.2. The topological polar surface area (TPSA) is 37.8 Å². The molecule has 1 aliphatic rings. The predicted molar refractivity (Wildman–Crippen MR) is 70.3 cm³/mol. The van der Waals surface area contributed by atoms with Gasteiger partial charge in [-0.3, -0.25) is 0 Å². The molecule has 0 atom stereocenters. The first-order valence-corrected chi connectivity index (χ1v) is 7.26. The minimum atomic E-state index is 0.769. The van der Waals surface area contributed by atoms with Crippen LogP contribution in [0.2, 0.25) is 0 Å². The van der Waals surface area contributed by atoms with Crippen LogP contribution in [0.15, 0.2) is 39.8 Å². The molecule has 0 saturated heterocycles. The fraction of sp³-hybridized carbons (Fsp3) is 0.333. The molecule has 3 rings (SSSR count). The average Bonchev–Trinajstić information content (AvgIpc) is 3.05. The third-order valence-electron chi connectivity index (χ3n) is 2.64. The van der Waals surface area contributed by atoms with Gasteiger partial charge in [0, 0.05) is 17.5 Å². The monoisotopic (exact) mass is 263 g/mol. The largest absolute Gasteiger partial charge is 0.310 e. The van der Waals surface area contributed by atoms with Crippen molar-refractivity contribution in [2.45, 2.75) is 34.7 Å². The molecule has 1 N–H and O–H groups in total. The molecule has 0 bridgehead atoms. The van der Waals surface area contributed by atoms with E-state index in [1.807, 2.05) is 0 Å². The number of nitrogens with one attached hydrogen (secondary N) is 1. The quantitative estimate of drug-likeness (QED) is 0.900. The van der Waals surface area contributed by atoms with Crippen molar-refractivity contribution >= 4 is 23.3 Å². The first-order chi connectivity index (χ1) is 8.40. The van der Waals surface area contributed by atoms with E-state index in [2.05, 4.69) is 38.9 Å². The Balaban J connectivity index is 1.58. The van der Waals surface area contributed by atoms with Gasteiger partial charge in [-0.15, -0.1) is 0 Å². The van der Waals surface area contributed by atoms with E-state index in [1.165, 1.54) is 34.8 Å². The van der Waals surface area contributed by atoms with Crippen molar-refractivity contribution in [3.8, 4) is 0 Å². The smallest absolute Gasteiger partial charge is 0.174 e. The third-order valence-corrected chi connectivity index (χ3v) is 4.36. The second-order valence-corrected chi connectivity index (χ2v) is 6.21. The SMILES string of the molecule is c1nsc(Sc2ccc(CNC3CC3)cc2)n1. The van der Waals surface area contributed by atoms with Crippen molar-refractivity contribution in [1.82, 2.24) is 14.7 Å². The lowest BCUT2D eigenvalue weighted by Crippen LogP contribution is -2.14. The zero-order valence-corrected chi connectivity index (χ0v) is 10.9. The summed E-state index contributed by atoms with van der Waals surface area (Å²) in [5, 5.41) is 3.51. The maximum atomic E-state index is 4.16. The van der Waals surface area contributed by atoms with Gasteiger partial charge in [-0.1, -0.05) is 23.9 Å². The number of aromatic nitrogens is 2. The van der Waals surface area contributed by atoms with E-state index < -0.39 is 0 Å². The van der Waals surface area contributed by atoms with Crippen LogP contribution in [-0.2, 0) is 6.54 Å². The number of nitrogens with zero attached hydrogens (tertiary/aromatic N) is 2. The number of benzene rings is 1. The van der Waals surface area contributed by atoms with Crippen LogP contribution < -0.4 is 5.32 Å². The fourth-order valence-corrected chi connectivity index (χ4v) is 2.95. The highest BCUT2D eigenvalue weighted by Crippen LogP contribution is 2.28. The minimum Gasteiger partial charge on any atom is -0.310 e. The molecule has 0 aliphatic heterocycles. The Hall–Kier alpha value is -0.910. The summed E-state index contributed by atoms with van der Waals surface area (Å²) in [5.41, 5.74) is 1.35. The predicted octanol–water partition coefficient (Wildman–Crippen LogP) is 2.94. The zero-order chi connectivity index (χ0) is 11.5. The fourth-order valence-electron chi connectivity index (χ4n) is 1.53.